The third kappa shape index (κ3) is 3.43. The van der Waals surface area contributed by atoms with Crippen molar-refractivity contribution in [1.82, 2.24) is 10.0 Å². The van der Waals surface area contributed by atoms with E-state index in [0.717, 1.165) is 11.3 Å². The Balaban J connectivity index is 1.82. The van der Waals surface area contributed by atoms with Gasteiger partial charge in [0, 0.05) is 19.1 Å². The second-order valence-electron chi connectivity index (χ2n) is 3.68. The predicted octanol–water partition coefficient (Wildman–Crippen LogP) is 1.43. The third-order valence-corrected chi connectivity index (χ3v) is 5.42. The van der Waals surface area contributed by atoms with Crippen molar-refractivity contribution < 1.29 is 8.42 Å². The minimum Gasteiger partial charge on any atom is -0.313 e. The fourth-order valence-corrected chi connectivity index (χ4v) is 3.82. The van der Waals surface area contributed by atoms with Gasteiger partial charge in [0.25, 0.3) is 0 Å². The Hall–Kier alpha value is -0.140. The molecule has 7 heteroatoms. The highest BCUT2D eigenvalue weighted by Gasteiger charge is 2.20. The van der Waals surface area contributed by atoms with Gasteiger partial charge in [0.2, 0.25) is 10.0 Å². The first-order chi connectivity index (χ1) is 7.58. The van der Waals surface area contributed by atoms with Crippen LogP contribution in [0.4, 0.5) is 0 Å². The maximum Gasteiger partial charge on any atom is 0.250 e. The van der Waals surface area contributed by atoms with Crippen molar-refractivity contribution in [3.05, 3.63) is 16.5 Å². The first-order valence-electron chi connectivity index (χ1n) is 5.06. The van der Waals surface area contributed by atoms with E-state index in [1.807, 2.05) is 0 Å². The quantitative estimate of drug-likeness (QED) is 0.775. The Labute approximate surface area is 104 Å². The zero-order valence-electron chi connectivity index (χ0n) is 8.57. The summed E-state index contributed by atoms with van der Waals surface area (Å²) in [5.41, 5.74) is 0. The normalized spacial score (nSPS) is 16.6. The van der Waals surface area contributed by atoms with Crippen LogP contribution in [0.1, 0.15) is 12.8 Å². The smallest absolute Gasteiger partial charge is 0.250 e. The molecule has 0 aromatic carbocycles. The Morgan fingerprint density at radius 1 is 1.38 bits per heavy atom. The van der Waals surface area contributed by atoms with E-state index in [0.29, 0.717) is 23.5 Å². The molecular formula is C9H13ClN2O2S2. The summed E-state index contributed by atoms with van der Waals surface area (Å²) in [5, 5.41) is 3.24. The molecule has 0 bridgehead atoms. The van der Waals surface area contributed by atoms with Crippen LogP contribution in [0.2, 0.25) is 4.34 Å². The second-order valence-corrected chi connectivity index (χ2v) is 7.39. The fourth-order valence-electron chi connectivity index (χ4n) is 1.26. The van der Waals surface area contributed by atoms with E-state index < -0.39 is 10.0 Å². The highest BCUT2D eigenvalue weighted by Crippen LogP contribution is 2.25. The van der Waals surface area contributed by atoms with Crippen molar-refractivity contribution in [3.63, 3.8) is 0 Å². The topological polar surface area (TPSA) is 58.2 Å². The van der Waals surface area contributed by atoms with E-state index in [2.05, 4.69) is 10.0 Å². The van der Waals surface area contributed by atoms with Crippen LogP contribution < -0.4 is 10.0 Å². The van der Waals surface area contributed by atoms with Gasteiger partial charge in [0.15, 0.2) is 0 Å². The van der Waals surface area contributed by atoms with Gasteiger partial charge in [0.1, 0.15) is 4.21 Å². The maximum absolute atomic E-state index is 11.7. The molecule has 90 valence electrons. The maximum atomic E-state index is 11.7. The number of nitrogens with one attached hydrogen (secondary N) is 2. The molecule has 0 radical (unpaired) electrons. The Morgan fingerprint density at radius 2 is 2.12 bits per heavy atom. The molecule has 1 saturated carbocycles. The molecule has 1 aromatic rings. The first kappa shape index (κ1) is 12.3. The molecule has 0 amide bonds. The van der Waals surface area contributed by atoms with Gasteiger partial charge in [-0.3, -0.25) is 0 Å². The molecule has 0 spiro atoms. The van der Waals surface area contributed by atoms with E-state index in [4.69, 9.17) is 11.6 Å². The Kier molecular flexibility index (Phi) is 3.86. The SMILES string of the molecule is O=S(=O)(NCCNC1CC1)c1ccc(Cl)s1. The molecule has 16 heavy (non-hydrogen) atoms. The summed E-state index contributed by atoms with van der Waals surface area (Å²) in [7, 11) is -3.37. The van der Waals surface area contributed by atoms with E-state index in [1.54, 1.807) is 6.07 Å². The van der Waals surface area contributed by atoms with Crippen molar-refractivity contribution in [3.8, 4) is 0 Å². The summed E-state index contributed by atoms with van der Waals surface area (Å²) in [4.78, 5) is 0. The largest absolute Gasteiger partial charge is 0.313 e. The average molecular weight is 281 g/mol. The molecule has 0 unspecified atom stereocenters. The minimum atomic E-state index is -3.37. The van der Waals surface area contributed by atoms with Gasteiger partial charge in [-0.1, -0.05) is 11.6 Å². The molecule has 0 aliphatic heterocycles. The van der Waals surface area contributed by atoms with Crippen molar-refractivity contribution in [2.45, 2.75) is 23.1 Å². The number of hydrogen-bond acceptors (Lipinski definition) is 4. The molecule has 2 rings (SSSR count). The molecule has 1 heterocycles. The van der Waals surface area contributed by atoms with E-state index in [1.165, 1.54) is 18.9 Å². The summed E-state index contributed by atoms with van der Waals surface area (Å²) in [6.07, 6.45) is 2.40. The van der Waals surface area contributed by atoms with Crippen LogP contribution in [0.5, 0.6) is 0 Å². The van der Waals surface area contributed by atoms with Gasteiger partial charge in [-0.25, -0.2) is 13.1 Å². The lowest BCUT2D eigenvalue weighted by Crippen LogP contribution is -2.32. The summed E-state index contributed by atoms with van der Waals surface area (Å²) >= 11 is 6.76. The summed E-state index contributed by atoms with van der Waals surface area (Å²) < 4.78 is 26.7. The van der Waals surface area contributed by atoms with Gasteiger partial charge in [0.05, 0.1) is 4.34 Å². The zero-order valence-corrected chi connectivity index (χ0v) is 11.0. The third-order valence-electron chi connectivity index (χ3n) is 2.24. The molecule has 0 atom stereocenters. The molecule has 1 aromatic heterocycles. The lowest BCUT2D eigenvalue weighted by molar-refractivity contribution is 0.577. The van der Waals surface area contributed by atoms with Crippen LogP contribution in [0.15, 0.2) is 16.3 Å². The minimum absolute atomic E-state index is 0.268. The van der Waals surface area contributed by atoms with Crippen LogP contribution >= 0.6 is 22.9 Å². The Morgan fingerprint density at radius 3 is 2.69 bits per heavy atom. The standard InChI is InChI=1S/C9H13ClN2O2S2/c10-8-3-4-9(15-8)16(13,14)12-6-5-11-7-1-2-7/h3-4,7,11-12H,1-2,5-6H2. The van der Waals surface area contributed by atoms with Crippen molar-refractivity contribution in [2.24, 2.45) is 0 Å². The highest BCUT2D eigenvalue weighted by molar-refractivity contribution is 7.91. The lowest BCUT2D eigenvalue weighted by atomic mass is 10.6. The second kappa shape index (κ2) is 5.01. The number of rotatable bonds is 6. The van der Waals surface area contributed by atoms with Crippen LogP contribution in [0.25, 0.3) is 0 Å². The fraction of sp³-hybridized carbons (Fsp3) is 0.556. The zero-order chi connectivity index (χ0) is 11.6. The molecule has 1 aliphatic carbocycles. The van der Waals surface area contributed by atoms with E-state index >= 15 is 0 Å². The molecular weight excluding hydrogens is 268 g/mol. The van der Waals surface area contributed by atoms with Crippen molar-refractivity contribution in [1.29, 1.82) is 0 Å². The number of hydrogen-bond donors (Lipinski definition) is 2. The average Bonchev–Trinajstić information content (AvgIpc) is 2.94. The number of sulfonamides is 1. The number of thiophene rings is 1. The van der Waals surface area contributed by atoms with Crippen LogP contribution in [0.3, 0.4) is 0 Å². The van der Waals surface area contributed by atoms with Crippen molar-refractivity contribution >= 4 is 33.0 Å². The van der Waals surface area contributed by atoms with Crippen LogP contribution in [-0.4, -0.2) is 27.5 Å². The van der Waals surface area contributed by atoms with Crippen molar-refractivity contribution in [2.75, 3.05) is 13.1 Å². The number of halogens is 1. The van der Waals surface area contributed by atoms with Crippen LogP contribution in [0, 0.1) is 0 Å². The van der Waals surface area contributed by atoms with E-state index in [-0.39, 0.29) is 4.21 Å². The van der Waals surface area contributed by atoms with Gasteiger partial charge in [-0.05, 0) is 25.0 Å². The first-order valence-corrected chi connectivity index (χ1v) is 7.74. The van der Waals surface area contributed by atoms with Gasteiger partial charge in [-0.15, -0.1) is 11.3 Å². The molecule has 1 aliphatic rings. The lowest BCUT2D eigenvalue weighted by Gasteiger charge is -2.05. The summed E-state index contributed by atoms with van der Waals surface area (Å²) in [6, 6.07) is 3.70. The van der Waals surface area contributed by atoms with Gasteiger partial charge < -0.3 is 5.32 Å². The Bertz CT molecular complexity index is 454. The summed E-state index contributed by atoms with van der Waals surface area (Å²) in [6.45, 7) is 1.08. The van der Waals surface area contributed by atoms with Gasteiger partial charge >= 0.3 is 0 Å². The monoisotopic (exact) mass is 280 g/mol. The molecule has 1 fully saturated rings. The predicted molar refractivity (Wildman–Crippen MR) is 65.5 cm³/mol. The molecule has 2 N–H and O–H groups in total. The van der Waals surface area contributed by atoms with Gasteiger partial charge in [-0.2, -0.15) is 0 Å². The summed E-state index contributed by atoms with van der Waals surface area (Å²) in [5.74, 6) is 0. The highest BCUT2D eigenvalue weighted by atomic mass is 35.5. The molecule has 4 nitrogen and oxygen atoms in total. The molecule has 0 saturated heterocycles. The van der Waals surface area contributed by atoms with Crippen LogP contribution in [-0.2, 0) is 10.0 Å². The van der Waals surface area contributed by atoms with E-state index in [9.17, 15) is 8.42 Å².